The van der Waals surface area contributed by atoms with Crippen LogP contribution in [0.5, 0.6) is 11.5 Å². The van der Waals surface area contributed by atoms with Gasteiger partial charge in [-0.3, -0.25) is 4.90 Å². The maximum atomic E-state index is 12.2. The van der Waals surface area contributed by atoms with E-state index in [9.17, 15) is 15.0 Å². The van der Waals surface area contributed by atoms with Gasteiger partial charge in [-0.15, -0.1) is 0 Å². The number of methoxy groups -OCH3 is 2. The summed E-state index contributed by atoms with van der Waals surface area (Å²) in [6, 6.07) is 4.46. The average molecular weight is 676 g/mol. The molecule has 2 aliphatic heterocycles. The molecule has 270 valence electrons. The predicted molar refractivity (Wildman–Crippen MR) is 178 cm³/mol. The minimum Gasteiger partial charge on any atom is -0.504 e. The Morgan fingerprint density at radius 1 is 1.00 bits per heavy atom. The zero-order valence-corrected chi connectivity index (χ0v) is 29.7. The van der Waals surface area contributed by atoms with Crippen molar-refractivity contribution in [2.24, 2.45) is 22.7 Å². The summed E-state index contributed by atoms with van der Waals surface area (Å²) in [5, 5.41) is 31.3. The van der Waals surface area contributed by atoms with Crippen molar-refractivity contribution >= 4 is 6.16 Å². The Kier molecular flexibility index (Phi) is 9.80. The Balaban J connectivity index is 0.000000245. The van der Waals surface area contributed by atoms with Gasteiger partial charge < -0.3 is 43.7 Å². The predicted octanol–water partition coefficient (Wildman–Crippen LogP) is 4.77. The molecule has 11 heteroatoms. The van der Waals surface area contributed by atoms with Crippen LogP contribution in [-0.4, -0.2) is 117 Å². The number of carbonyl (C=O) groups is 1. The van der Waals surface area contributed by atoms with E-state index in [-0.39, 0.29) is 47.2 Å². The molecule has 48 heavy (non-hydrogen) atoms. The lowest BCUT2D eigenvalue weighted by Crippen LogP contribution is -2.83. The molecule has 1 aromatic carbocycles. The summed E-state index contributed by atoms with van der Waals surface area (Å²) in [4.78, 5) is 12.7. The summed E-state index contributed by atoms with van der Waals surface area (Å²) >= 11 is 0. The second-order valence-corrected chi connectivity index (χ2v) is 16.1. The number of aliphatic hydroxyl groups is 1. The molecule has 0 unspecified atom stereocenters. The fourth-order valence-electron chi connectivity index (χ4n) is 10.2. The summed E-state index contributed by atoms with van der Waals surface area (Å²) in [5.41, 5.74) is 0.783. The number of hydrogen-bond donors (Lipinski definition) is 3. The lowest BCUT2D eigenvalue weighted by atomic mass is 9.33. The molecular weight excluding hydrogens is 618 g/mol. The van der Waals surface area contributed by atoms with Crippen molar-refractivity contribution in [3.05, 3.63) is 23.3 Å². The summed E-state index contributed by atoms with van der Waals surface area (Å²) in [5.74, 6) is 1.80. The van der Waals surface area contributed by atoms with Crippen molar-refractivity contribution in [3.8, 4) is 11.5 Å². The minimum absolute atomic E-state index is 0.0294. The molecule has 7 atom stereocenters. The molecule has 5 aliphatic carbocycles. The van der Waals surface area contributed by atoms with Crippen LogP contribution >= 0.6 is 0 Å². The van der Waals surface area contributed by atoms with Gasteiger partial charge in [0.05, 0.1) is 38.6 Å². The number of benzene rings is 1. The zero-order chi connectivity index (χ0) is 34.5. The van der Waals surface area contributed by atoms with Crippen LogP contribution in [0, 0.1) is 22.7 Å². The summed E-state index contributed by atoms with van der Waals surface area (Å²) in [7, 11) is 3.43. The highest BCUT2D eigenvalue weighted by Crippen LogP contribution is 2.78. The van der Waals surface area contributed by atoms with Crippen LogP contribution in [0.1, 0.15) is 77.3 Å². The van der Waals surface area contributed by atoms with Crippen molar-refractivity contribution in [1.29, 1.82) is 0 Å². The topological polar surface area (TPSA) is 136 Å². The van der Waals surface area contributed by atoms with E-state index in [0.717, 1.165) is 44.6 Å². The van der Waals surface area contributed by atoms with Crippen molar-refractivity contribution in [1.82, 2.24) is 4.90 Å². The lowest BCUT2D eigenvalue weighted by Gasteiger charge is -2.75. The van der Waals surface area contributed by atoms with Crippen LogP contribution in [0.4, 0.5) is 4.79 Å². The Labute approximate surface area is 285 Å². The molecule has 8 rings (SSSR count). The van der Waals surface area contributed by atoms with E-state index in [2.05, 4.69) is 36.5 Å². The maximum absolute atomic E-state index is 12.2. The fraction of sp³-hybridized carbons (Fsp3) is 0.811. The third-order valence-corrected chi connectivity index (χ3v) is 13.1. The SMILES string of the molecule is COCCOCCOCCOC(=O)O.CO[C@@]12CC[C@@]3(C[C@@H]1[C@](C)(O)C(C)(C)C)[C@H]1Cc4ccc(O)c5c4[C@@]3(CCN1CC1CC1)[C@H]2O5. The first kappa shape index (κ1) is 35.7. The van der Waals surface area contributed by atoms with Gasteiger partial charge in [0.15, 0.2) is 11.5 Å². The Hall–Kier alpha value is -2.15. The fourth-order valence-corrected chi connectivity index (χ4v) is 10.2. The number of aromatic hydroxyl groups is 1. The normalized spacial score (nSPS) is 34.0. The number of rotatable bonds is 13. The molecule has 11 nitrogen and oxygen atoms in total. The van der Waals surface area contributed by atoms with E-state index < -0.39 is 17.4 Å². The molecule has 4 bridgehead atoms. The van der Waals surface area contributed by atoms with Crippen LogP contribution in [0.3, 0.4) is 0 Å². The number of likely N-dealkylation sites (tertiary alicyclic amines) is 1. The molecule has 0 radical (unpaired) electrons. The molecule has 0 aromatic heterocycles. The van der Waals surface area contributed by atoms with Crippen molar-refractivity contribution in [3.63, 3.8) is 0 Å². The number of phenols is 1. The van der Waals surface area contributed by atoms with Gasteiger partial charge in [0.2, 0.25) is 0 Å². The first-order valence-electron chi connectivity index (χ1n) is 17.8. The second-order valence-electron chi connectivity index (χ2n) is 16.1. The second kappa shape index (κ2) is 13.2. The number of nitrogens with zero attached hydrogens (tertiary/aromatic N) is 1. The largest absolute Gasteiger partial charge is 0.505 e. The Bertz CT molecular complexity index is 1330. The van der Waals surface area contributed by atoms with Gasteiger partial charge in [-0.05, 0) is 81.4 Å². The molecular formula is C37H57NO10. The van der Waals surface area contributed by atoms with Gasteiger partial charge >= 0.3 is 6.16 Å². The first-order valence-corrected chi connectivity index (χ1v) is 17.8. The van der Waals surface area contributed by atoms with Crippen molar-refractivity contribution < 1.29 is 48.5 Å². The summed E-state index contributed by atoms with van der Waals surface area (Å²) in [6.45, 7) is 13.1. The summed E-state index contributed by atoms with van der Waals surface area (Å²) < 4.78 is 32.5. The van der Waals surface area contributed by atoms with E-state index >= 15 is 0 Å². The Morgan fingerprint density at radius 3 is 2.31 bits per heavy atom. The monoisotopic (exact) mass is 675 g/mol. The van der Waals surface area contributed by atoms with Crippen molar-refractivity contribution in [2.45, 2.75) is 101 Å². The lowest BCUT2D eigenvalue weighted by molar-refractivity contribution is -0.312. The van der Waals surface area contributed by atoms with Gasteiger partial charge in [-0.25, -0.2) is 4.79 Å². The average Bonchev–Trinajstić information content (AvgIpc) is 3.78. The first-order chi connectivity index (χ1) is 22.8. The van der Waals surface area contributed by atoms with Gasteiger partial charge in [-0.2, -0.15) is 0 Å². The van der Waals surface area contributed by atoms with Crippen LogP contribution < -0.4 is 4.74 Å². The molecule has 5 fully saturated rings. The van der Waals surface area contributed by atoms with Crippen LogP contribution in [0.25, 0.3) is 0 Å². The number of ether oxygens (including phenoxy) is 6. The highest BCUT2D eigenvalue weighted by atomic mass is 16.7. The number of hydrogen-bond acceptors (Lipinski definition) is 10. The third kappa shape index (κ3) is 5.61. The Morgan fingerprint density at radius 2 is 1.69 bits per heavy atom. The van der Waals surface area contributed by atoms with E-state index in [1.807, 2.05) is 20.1 Å². The molecule has 1 saturated heterocycles. The highest BCUT2D eigenvalue weighted by molar-refractivity contribution is 5.63. The van der Waals surface area contributed by atoms with Crippen LogP contribution in [-0.2, 0) is 35.5 Å². The molecule has 4 saturated carbocycles. The number of phenolic OH excluding ortho intramolecular Hbond substituents is 1. The van der Waals surface area contributed by atoms with Gasteiger partial charge in [-0.1, -0.05) is 26.8 Å². The van der Waals surface area contributed by atoms with E-state index in [0.29, 0.717) is 38.2 Å². The quantitative estimate of drug-likeness (QED) is 0.197. The van der Waals surface area contributed by atoms with E-state index in [4.69, 9.17) is 28.8 Å². The van der Waals surface area contributed by atoms with Gasteiger partial charge in [0.1, 0.15) is 18.3 Å². The van der Waals surface area contributed by atoms with E-state index in [1.165, 1.54) is 30.5 Å². The third-order valence-electron chi connectivity index (χ3n) is 13.1. The smallest absolute Gasteiger partial charge is 0.504 e. The van der Waals surface area contributed by atoms with Gasteiger partial charge in [0, 0.05) is 49.1 Å². The van der Waals surface area contributed by atoms with Gasteiger partial charge in [0.25, 0.3) is 0 Å². The molecule has 0 amide bonds. The number of carboxylic acid groups (broad SMARTS) is 1. The molecule has 2 spiro atoms. The number of piperidine rings is 1. The van der Waals surface area contributed by atoms with Crippen molar-refractivity contribution in [2.75, 3.05) is 67.0 Å². The molecule has 3 N–H and O–H groups in total. The van der Waals surface area contributed by atoms with E-state index in [1.54, 1.807) is 7.11 Å². The zero-order valence-electron chi connectivity index (χ0n) is 29.7. The number of fused-ring (bicyclic) bond motifs is 2. The highest BCUT2D eigenvalue weighted by Gasteiger charge is 2.82. The summed E-state index contributed by atoms with van der Waals surface area (Å²) in [6.07, 6.45) is 6.35. The van der Waals surface area contributed by atoms with Crippen LogP contribution in [0.2, 0.25) is 0 Å². The molecule has 2 heterocycles. The molecule has 1 aromatic rings. The standard InChI is InChI=1S/C29H41NO4.C8H16O6/c1-25(2,3)26(4,32)20-15-27-10-11-29(20,33-5)24-28(27)12-13-30(16-17-6-7-17)21(27)14-18-8-9-19(31)23(34-24)22(18)28;1-11-2-3-12-4-5-13-6-7-14-8(9)10/h8-9,17,20-21,24,31-32H,6-7,10-16H2,1-5H3;2-7H2,1H3,(H,9,10)/t20-,21-,24-,26+,27-,28+,29+;/m1./s1. The molecule has 7 aliphatic rings. The maximum Gasteiger partial charge on any atom is 0.505 e. The van der Waals surface area contributed by atoms with Crippen LogP contribution in [0.15, 0.2) is 12.1 Å². The minimum atomic E-state index is -1.29.